The maximum atomic E-state index is 12.3. The molecule has 1 amide bonds. The number of thiophene rings is 1. The van der Waals surface area contributed by atoms with Crippen LogP contribution in [0.15, 0.2) is 24.3 Å². The second kappa shape index (κ2) is 9.01. The topological polar surface area (TPSA) is 81.7 Å². The SMILES string of the molecule is CCOC(=O)c1c(NC(=O)COC(=O)c2ccc(CC)cc2)sc2c1CCC2. The van der Waals surface area contributed by atoms with Crippen molar-refractivity contribution >= 4 is 34.2 Å². The van der Waals surface area contributed by atoms with E-state index in [0.717, 1.165) is 41.7 Å². The van der Waals surface area contributed by atoms with Gasteiger partial charge >= 0.3 is 11.9 Å². The second-order valence-corrected chi connectivity index (χ2v) is 7.56. The third-order valence-corrected chi connectivity index (χ3v) is 5.79. The molecule has 2 aromatic rings. The van der Waals surface area contributed by atoms with E-state index in [1.807, 2.05) is 19.1 Å². The van der Waals surface area contributed by atoms with Crippen molar-refractivity contribution in [3.63, 3.8) is 0 Å². The van der Waals surface area contributed by atoms with Crippen LogP contribution in [0.1, 0.15) is 57.0 Å². The molecule has 3 rings (SSSR count). The Bertz CT molecular complexity index is 885. The van der Waals surface area contributed by atoms with Crippen LogP contribution in [-0.2, 0) is 33.5 Å². The summed E-state index contributed by atoms with van der Waals surface area (Å²) in [5, 5.41) is 3.17. The fraction of sp³-hybridized carbons (Fsp3) is 0.381. The zero-order valence-electron chi connectivity index (χ0n) is 16.0. The molecule has 0 fully saturated rings. The van der Waals surface area contributed by atoms with E-state index in [4.69, 9.17) is 9.47 Å². The first kappa shape index (κ1) is 20.1. The smallest absolute Gasteiger partial charge is 0.341 e. The van der Waals surface area contributed by atoms with Crippen molar-refractivity contribution in [2.45, 2.75) is 39.5 Å². The molecule has 0 atom stereocenters. The number of fused-ring (bicyclic) bond motifs is 1. The molecule has 28 heavy (non-hydrogen) atoms. The van der Waals surface area contributed by atoms with Crippen LogP contribution in [0.3, 0.4) is 0 Å². The molecule has 7 heteroatoms. The number of hydrogen-bond donors (Lipinski definition) is 1. The lowest BCUT2D eigenvalue weighted by atomic mass is 10.1. The van der Waals surface area contributed by atoms with E-state index in [0.29, 0.717) is 16.1 Å². The lowest BCUT2D eigenvalue weighted by Gasteiger charge is -2.09. The minimum atomic E-state index is -0.558. The molecule has 1 aromatic carbocycles. The van der Waals surface area contributed by atoms with Gasteiger partial charge in [0.1, 0.15) is 5.00 Å². The molecule has 0 radical (unpaired) electrons. The summed E-state index contributed by atoms with van der Waals surface area (Å²) in [5.74, 6) is -1.47. The zero-order chi connectivity index (χ0) is 20.1. The van der Waals surface area contributed by atoms with E-state index in [-0.39, 0.29) is 6.61 Å². The molecule has 148 valence electrons. The van der Waals surface area contributed by atoms with E-state index in [2.05, 4.69) is 5.32 Å². The zero-order valence-corrected chi connectivity index (χ0v) is 16.8. The van der Waals surface area contributed by atoms with Crippen molar-refractivity contribution < 1.29 is 23.9 Å². The first-order valence-electron chi connectivity index (χ1n) is 9.41. The van der Waals surface area contributed by atoms with Crippen LogP contribution in [0.25, 0.3) is 0 Å². The number of anilines is 1. The van der Waals surface area contributed by atoms with E-state index in [1.54, 1.807) is 19.1 Å². The van der Waals surface area contributed by atoms with E-state index in [1.165, 1.54) is 11.3 Å². The van der Waals surface area contributed by atoms with Crippen LogP contribution in [0.5, 0.6) is 0 Å². The molecule has 1 N–H and O–H groups in total. The standard InChI is InChI=1S/C21H23NO5S/c1-3-13-8-10-14(11-9-13)20(24)27-12-17(23)22-19-18(21(25)26-4-2)15-6-5-7-16(15)28-19/h8-11H,3-7,12H2,1-2H3,(H,22,23). The van der Waals surface area contributed by atoms with Crippen LogP contribution in [-0.4, -0.2) is 31.1 Å². The summed E-state index contributed by atoms with van der Waals surface area (Å²) < 4.78 is 10.2. The van der Waals surface area contributed by atoms with Crippen molar-refractivity contribution in [2.24, 2.45) is 0 Å². The summed E-state index contributed by atoms with van der Waals surface area (Å²) in [7, 11) is 0. The predicted octanol–water partition coefficient (Wildman–Crippen LogP) is 3.77. The molecule has 0 bridgehead atoms. The number of rotatable bonds is 7. The Hall–Kier alpha value is -2.67. The number of nitrogens with one attached hydrogen (secondary N) is 1. The minimum Gasteiger partial charge on any atom is -0.462 e. The predicted molar refractivity (Wildman–Crippen MR) is 107 cm³/mol. The van der Waals surface area contributed by atoms with Crippen LogP contribution >= 0.6 is 11.3 Å². The minimum absolute atomic E-state index is 0.269. The monoisotopic (exact) mass is 401 g/mol. The fourth-order valence-corrected chi connectivity index (χ4v) is 4.46. The molecule has 0 unspecified atom stereocenters. The summed E-state index contributed by atoms with van der Waals surface area (Å²) in [6, 6.07) is 7.08. The highest BCUT2D eigenvalue weighted by Crippen LogP contribution is 2.39. The molecule has 1 heterocycles. The summed E-state index contributed by atoms with van der Waals surface area (Å²) in [5.41, 5.74) is 2.92. The first-order chi connectivity index (χ1) is 13.5. The highest BCUT2D eigenvalue weighted by atomic mass is 32.1. The maximum Gasteiger partial charge on any atom is 0.341 e. The Morgan fingerprint density at radius 1 is 1.04 bits per heavy atom. The maximum absolute atomic E-state index is 12.3. The number of ether oxygens (including phenoxy) is 2. The lowest BCUT2D eigenvalue weighted by Crippen LogP contribution is -2.22. The van der Waals surface area contributed by atoms with Crippen LogP contribution in [0.2, 0.25) is 0 Å². The van der Waals surface area contributed by atoms with E-state index < -0.39 is 24.5 Å². The highest BCUT2D eigenvalue weighted by molar-refractivity contribution is 7.17. The third-order valence-electron chi connectivity index (χ3n) is 4.59. The van der Waals surface area contributed by atoms with E-state index in [9.17, 15) is 14.4 Å². The number of benzene rings is 1. The van der Waals surface area contributed by atoms with Gasteiger partial charge in [-0.1, -0.05) is 19.1 Å². The van der Waals surface area contributed by atoms with Crippen molar-refractivity contribution in [3.05, 3.63) is 51.4 Å². The Morgan fingerprint density at radius 3 is 2.46 bits per heavy atom. The Labute approximate surface area is 167 Å². The van der Waals surface area contributed by atoms with Crippen molar-refractivity contribution in [2.75, 3.05) is 18.5 Å². The van der Waals surface area contributed by atoms with Crippen LogP contribution in [0.4, 0.5) is 5.00 Å². The van der Waals surface area contributed by atoms with Crippen molar-refractivity contribution in [1.29, 1.82) is 0 Å². The number of carbonyl (C=O) groups is 3. The van der Waals surface area contributed by atoms with Gasteiger partial charge in [0.25, 0.3) is 5.91 Å². The van der Waals surface area contributed by atoms with Crippen molar-refractivity contribution in [3.8, 4) is 0 Å². The van der Waals surface area contributed by atoms with Gasteiger partial charge in [0.15, 0.2) is 6.61 Å². The molecule has 0 saturated heterocycles. The van der Waals surface area contributed by atoms with Gasteiger partial charge in [0, 0.05) is 4.88 Å². The number of aryl methyl sites for hydroxylation is 2. The Morgan fingerprint density at radius 2 is 1.79 bits per heavy atom. The average molecular weight is 401 g/mol. The number of carbonyl (C=O) groups excluding carboxylic acids is 3. The Balaban J connectivity index is 1.63. The molecule has 0 spiro atoms. The third kappa shape index (κ3) is 4.42. The van der Waals surface area contributed by atoms with Gasteiger partial charge in [0.05, 0.1) is 17.7 Å². The average Bonchev–Trinajstić information content (AvgIpc) is 3.27. The second-order valence-electron chi connectivity index (χ2n) is 6.46. The van der Waals surface area contributed by atoms with Gasteiger partial charge in [-0.25, -0.2) is 9.59 Å². The molecular weight excluding hydrogens is 378 g/mol. The molecule has 1 aromatic heterocycles. The molecular formula is C21H23NO5S. The van der Waals surface area contributed by atoms with Crippen LogP contribution in [0, 0.1) is 0 Å². The van der Waals surface area contributed by atoms with Gasteiger partial charge in [-0.2, -0.15) is 0 Å². The molecule has 0 saturated carbocycles. The fourth-order valence-electron chi connectivity index (χ4n) is 3.17. The lowest BCUT2D eigenvalue weighted by molar-refractivity contribution is -0.119. The summed E-state index contributed by atoms with van der Waals surface area (Å²) in [4.78, 5) is 37.8. The van der Waals surface area contributed by atoms with Gasteiger partial charge in [-0.15, -0.1) is 11.3 Å². The van der Waals surface area contributed by atoms with Crippen LogP contribution < -0.4 is 5.32 Å². The largest absolute Gasteiger partial charge is 0.462 e. The number of esters is 2. The quantitative estimate of drug-likeness (QED) is 0.714. The van der Waals surface area contributed by atoms with E-state index >= 15 is 0 Å². The molecule has 1 aliphatic rings. The summed E-state index contributed by atoms with van der Waals surface area (Å²) in [6.45, 7) is 3.63. The van der Waals surface area contributed by atoms with Gasteiger partial charge in [-0.3, -0.25) is 4.79 Å². The van der Waals surface area contributed by atoms with Gasteiger partial charge in [0.2, 0.25) is 0 Å². The summed E-state index contributed by atoms with van der Waals surface area (Å²) >= 11 is 1.39. The Kier molecular flexibility index (Phi) is 6.46. The molecule has 1 aliphatic carbocycles. The van der Waals surface area contributed by atoms with Crippen molar-refractivity contribution in [1.82, 2.24) is 0 Å². The number of amides is 1. The van der Waals surface area contributed by atoms with Gasteiger partial charge in [-0.05, 0) is 55.9 Å². The summed E-state index contributed by atoms with van der Waals surface area (Å²) in [6.07, 6.45) is 3.57. The highest BCUT2D eigenvalue weighted by Gasteiger charge is 2.28. The molecule has 6 nitrogen and oxygen atoms in total. The first-order valence-corrected chi connectivity index (χ1v) is 10.2. The number of hydrogen-bond acceptors (Lipinski definition) is 6. The van der Waals surface area contributed by atoms with Gasteiger partial charge < -0.3 is 14.8 Å². The molecule has 0 aliphatic heterocycles. The normalized spacial score (nSPS) is 12.4.